The number of rotatable bonds is 6. The Hall–Kier alpha value is -3.08. The average molecular weight is 375 g/mol. The lowest BCUT2D eigenvalue weighted by atomic mass is 9.96. The van der Waals surface area contributed by atoms with Crippen LogP contribution >= 0.6 is 0 Å². The molecule has 0 saturated carbocycles. The van der Waals surface area contributed by atoms with Crippen LogP contribution in [0, 0.1) is 0 Å². The van der Waals surface area contributed by atoms with Crippen molar-refractivity contribution in [3.8, 4) is 0 Å². The van der Waals surface area contributed by atoms with Gasteiger partial charge in [-0.25, -0.2) is 0 Å². The molecule has 2 aliphatic rings. The predicted molar refractivity (Wildman–Crippen MR) is 109 cm³/mol. The molecule has 0 aromatic heterocycles. The highest BCUT2D eigenvalue weighted by Crippen LogP contribution is 2.29. The highest BCUT2D eigenvalue weighted by Gasteiger charge is 2.34. The number of aryl methyl sites for hydroxylation is 1. The Morgan fingerprint density at radius 1 is 0.964 bits per heavy atom. The van der Waals surface area contributed by atoms with Crippen LogP contribution < -0.4 is 5.73 Å². The molecular weight excluding hydrogens is 350 g/mol. The van der Waals surface area contributed by atoms with E-state index in [9.17, 15) is 9.59 Å². The summed E-state index contributed by atoms with van der Waals surface area (Å²) in [5.41, 5.74) is 10.7. The molecule has 0 saturated heterocycles. The van der Waals surface area contributed by atoms with Crippen molar-refractivity contribution in [2.75, 3.05) is 19.6 Å². The van der Waals surface area contributed by atoms with Gasteiger partial charge in [-0.3, -0.25) is 14.5 Å². The number of nitrogens with zero attached hydrogens (tertiary/aromatic N) is 2. The van der Waals surface area contributed by atoms with E-state index >= 15 is 0 Å². The van der Waals surface area contributed by atoms with Gasteiger partial charge in [-0.1, -0.05) is 43.3 Å². The number of carbonyl (C=O) groups excluding carboxylic acids is 2. The minimum atomic E-state index is -0.189. The lowest BCUT2D eigenvalue weighted by Gasteiger charge is -2.20. The number of hydrogen-bond acceptors (Lipinski definition) is 4. The van der Waals surface area contributed by atoms with E-state index < -0.39 is 0 Å². The number of imide groups is 1. The minimum Gasteiger partial charge on any atom is -0.400 e. The van der Waals surface area contributed by atoms with Crippen molar-refractivity contribution < 1.29 is 9.59 Å². The molecule has 0 bridgehead atoms. The third-order valence-electron chi connectivity index (χ3n) is 5.65. The van der Waals surface area contributed by atoms with Crippen molar-refractivity contribution in [1.82, 2.24) is 9.80 Å². The molecule has 2 aromatic rings. The first-order valence-electron chi connectivity index (χ1n) is 9.83. The molecule has 4 rings (SSSR count). The summed E-state index contributed by atoms with van der Waals surface area (Å²) >= 11 is 0. The second kappa shape index (κ2) is 7.50. The molecule has 2 aliphatic heterocycles. The molecule has 2 aromatic carbocycles. The topological polar surface area (TPSA) is 66.6 Å². The number of benzene rings is 2. The van der Waals surface area contributed by atoms with Crippen molar-refractivity contribution >= 4 is 11.8 Å². The third kappa shape index (κ3) is 3.28. The monoisotopic (exact) mass is 375 g/mol. The van der Waals surface area contributed by atoms with Gasteiger partial charge < -0.3 is 10.6 Å². The van der Waals surface area contributed by atoms with E-state index in [0.29, 0.717) is 17.7 Å². The molecule has 2 N–H and O–H groups in total. The van der Waals surface area contributed by atoms with Crippen molar-refractivity contribution in [3.05, 3.63) is 82.7 Å². The van der Waals surface area contributed by atoms with E-state index in [-0.39, 0.29) is 17.7 Å². The van der Waals surface area contributed by atoms with Gasteiger partial charge in [0.25, 0.3) is 11.8 Å². The molecule has 0 spiro atoms. The average Bonchev–Trinajstić information content (AvgIpc) is 3.21. The maximum absolute atomic E-state index is 12.4. The van der Waals surface area contributed by atoms with E-state index in [1.54, 1.807) is 24.3 Å². The fourth-order valence-corrected chi connectivity index (χ4v) is 4.01. The summed E-state index contributed by atoms with van der Waals surface area (Å²) in [6.45, 7) is 4.17. The lowest BCUT2D eigenvalue weighted by molar-refractivity contribution is 0.0649. The summed E-state index contributed by atoms with van der Waals surface area (Å²) in [6, 6.07) is 15.7. The second-order valence-corrected chi connectivity index (χ2v) is 7.43. The molecule has 2 heterocycles. The molecular formula is C23H25N3O2. The zero-order valence-electron chi connectivity index (χ0n) is 16.1. The van der Waals surface area contributed by atoms with E-state index in [0.717, 1.165) is 31.6 Å². The van der Waals surface area contributed by atoms with Crippen LogP contribution in [0.4, 0.5) is 0 Å². The summed E-state index contributed by atoms with van der Waals surface area (Å²) in [5.74, 6) is -0.179. The van der Waals surface area contributed by atoms with E-state index in [1.807, 2.05) is 6.20 Å². The maximum atomic E-state index is 12.4. The highest BCUT2D eigenvalue weighted by atomic mass is 16.2. The Bertz CT molecular complexity index is 898. The molecule has 5 heteroatoms. The number of nitrogens with two attached hydrogens (primary N) is 1. The van der Waals surface area contributed by atoms with Crippen molar-refractivity contribution in [1.29, 1.82) is 0 Å². The largest absolute Gasteiger partial charge is 0.400 e. The molecule has 0 fully saturated rings. The third-order valence-corrected chi connectivity index (χ3v) is 5.65. The van der Waals surface area contributed by atoms with Gasteiger partial charge in [0.2, 0.25) is 0 Å². The molecule has 144 valence electrons. The van der Waals surface area contributed by atoms with Crippen LogP contribution in [0.5, 0.6) is 0 Å². The minimum absolute atomic E-state index is 0.189. The van der Waals surface area contributed by atoms with Gasteiger partial charge in [-0.15, -0.1) is 0 Å². The number of hydrogen-bond donors (Lipinski definition) is 1. The standard InChI is InChI=1S/C23H25N3O2/c1-2-16-8-10-17(11-9-16)20-14-25(15-21(20)24)12-5-13-26-22(27)18-6-3-4-7-19(18)23(26)28/h3-4,6-11,15,20H,2,5,12-14,24H2,1H3. The fraction of sp³-hybridized carbons (Fsp3) is 0.304. The highest BCUT2D eigenvalue weighted by molar-refractivity contribution is 6.21. The van der Waals surface area contributed by atoms with Gasteiger partial charge >= 0.3 is 0 Å². The predicted octanol–water partition coefficient (Wildman–Crippen LogP) is 3.13. The Kier molecular flexibility index (Phi) is 4.90. The van der Waals surface area contributed by atoms with Crippen molar-refractivity contribution in [3.63, 3.8) is 0 Å². The Labute approximate surface area is 165 Å². The lowest BCUT2D eigenvalue weighted by Crippen LogP contribution is -2.32. The van der Waals surface area contributed by atoms with Crippen LogP contribution in [0.3, 0.4) is 0 Å². The maximum Gasteiger partial charge on any atom is 0.261 e. The first-order valence-corrected chi connectivity index (χ1v) is 9.83. The van der Waals surface area contributed by atoms with Gasteiger partial charge in [0.05, 0.1) is 11.1 Å². The van der Waals surface area contributed by atoms with Crippen LogP contribution in [-0.4, -0.2) is 41.2 Å². The van der Waals surface area contributed by atoms with Crippen LogP contribution in [-0.2, 0) is 6.42 Å². The summed E-state index contributed by atoms with van der Waals surface area (Å²) in [7, 11) is 0. The Morgan fingerprint density at radius 2 is 1.61 bits per heavy atom. The molecule has 0 aliphatic carbocycles. The molecule has 1 unspecified atom stereocenters. The van der Waals surface area contributed by atoms with Gasteiger partial charge in [0, 0.05) is 37.4 Å². The smallest absolute Gasteiger partial charge is 0.261 e. The van der Waals surface area contributed by atoms with Crippen LogP contribution in [0.2, 0.25) is 0 Å². The fourth-order valence-electron chi connectivity index (χ4n) is 4.01. The SMILES string of the molecule is CCc1ccc(C2CN(CCCN3C(=O)c4ccccc4C3=O)C=C2N)cc1. The summed E-state index contributed by atoms with van der Waals surface area (Å²) in [5, 5.41) is 0. The molecule has 5 nitrogen and oxygen atoms in total. The zero-order valence-corrected chi connectivity index (χ0v) is 16.1. The zero-order chi connectivity index (χ0) is 19.7. The number of fused-ring (bicyclic) bond motifs is 1. The summed E-state index contributed by atoms with van der Waals surface area (Å²) in [4.78, 5) is 28.4. The molecule has 0 radical (unpaired) electrons. The Morgan fingerprint density at radius 3 is 2.21 bits per heavy atom. The van der Waals surface area contributed by atoms with Crippen LogP contribution in [0.25, 0.3) is 0 Å². The first kappa shape index (κ1) is 18.3. The van der Waals surface area contributed by atoms with E-state index in [2.05, 4.69) is 36.1 Å². The van der Waals surface area contributed by atoms with Crippen LogP contribution in [0.1, 0.15) is 51.1 Å². The number of carbonyl (C=O) groups is 2. The molecule has 28 heavy (non-hydrogen) atoms. The van der Waals surface area contributed by atoms with Gasteiger partial charge in [-0.2, -0.15) is 0 Å². The molecule has 2 amide bonds. The van der Waals surface area contributed by atoms with Gasteiger partial charge in [0.15, 0.2) is 0 Å². The van der Waals surface area contributed by atoms with Crippen molar-refractivity contribution in [2.24, 2.45) is 5.73 Å². The Balaban J connectivity index is 1.33. The first-order chi connectivity index (χ1) is 13.6. The summed E-state index contributed by atoms with van der Waals surface area (Å²) in [6.07, 6.45) is 3.75. The van der Waals surface area contributed by atoms with Gasteiger partial charge in [0.1, 0.15) is 0 Å². The van der Waals surface area contributed by atoms with Crippen LogP contribution in [0.15, 0.2) is 60.4 Å². The van der Waals surface area contributed by atoms with E-state index in [1.165, 1.54) is 16.0 Å². The van der Waals surface area contributed by atoms with E-state index in [4.69, 9.17) is 5.73 Å². The normalized spacial score (nSPS) is 18.6. The van der Waals surface area contributed by atoms with Gasteiger partial charge in [-0.05, 0) is 36.1 Å². The second-order valence-electron chi connectivity index (χ2n) is 7.43. The van der Waals surface area contributed by atoms with Crippen molar-refractivity contribution in [2.45, 2.75) is 25.7 Å². The molecule has 1 atom stereocenters. The quantitative estimate of drug-likeness (QED) is 0.788. The summed E-state index contributed by atoms with van der Waals surface area (Å²) < 4.78 is 0. The number of amides is 2.